The molecule has 0 aromatic carbocycles. The second-order valence-electron chi connectivity index (χ2n) is 7.22. The first kappa shape index (κ1) is 13.6. The molecule has 2 heterocycles. The van der Waals surface area contributed by atoms with Crippen molar-refractivity contribution < 1.29 is 19.9 Å². The molecule has 2 bridgehead atoms. The van der Waals surface area contributed by atoms with Gasteiger partial charge in [-0.15, -0.1) is 0 Å². The van der Waals surface area contributed by atoms with E-state index < -0.39 is 5.60 Å². The highest BCUT2D eigenvalue weighted by molar-refractivity contribution is 5.26. The monoisotopic (exact) mass is 268 g/mol. The van der Waals surface area contributed by atoms with Crippen LogP contribution in [0, 0.1) is 17.3 Å². The van der Waals surface area contributed by atoms with E-state index in [2.05, 4.69) is 26.8 Å². The number of rotatable bonds is 2. The van der Waals surface area contributed by atoms with Crippen LogP contribution in [0.25, 0.3) is 0 Å². The second-order valence-corrected chi connectivity index (χ2v) is 7.22. The predicted molar refractivity (Wildman–Crippen MR) is 70.2 cm³/mol. The van der Waals surface area contributed by atoms with Crippen molar-refractivity contribution >= 4 is 0 Å². The molecule has 0 aromatic rings. The molecule has 4 aliphatic rings. The van der Waals surface area contributed by atoms with Gasteiger partial charge >= 0.3 is 0 Å². The van der Waals surface area contributed by atoms with Gasteiger partial charge in [0.25, 0.3) is 0 Å². The molecule has 108 valence electrons. The maximum atomic E-state index is 9.23. The van der Waals surface area contributed by atoms with Gasteiger partial charge in [0.2, 0.25) is 0 Å². The van der Waals surface area contributed by atoms with Gasteiger partial charge in [0, 0.05) is 5.41 Å². The minimum absolute atomic E-state index is 0.0532. The van der Waals surface area contributed by atoms with Crippen LogP contribution in [0.3, 0.4) is 0 Å². The van der Waals surface area contributed by atoms with Gasteiger partial charge in [0.05, 0.1) is 0 Å². The van der Waals surface area contributed by atoms with Gasteiger partial charge in [-0.1, -0.05) is 20.8 Å². The van der Waals surface area contributed by atoms with Gasteiger partial charge < -0.3 is 0 Å². The predicted octanol–water partition coefficient (Wildman–Crippen LogP) is 3.34. The lowest BCUT2D eigenvalue weighted by Gasteiger charge is -2.49. The molecule has 2 fully saturated rings. The molecule has 4 heteroatoms. The Morgan fingerprint density at radius 2 is 2.05 bits per heavy atom. The molecule has 1 N–H and O–H groups in total. The maximum Gasteiger partial charge on any atom is 0.148 e. The van der Waals surface area contributed by atoms with E-state index in [-0.39, 0.29) is 17.1 Å². The van der Waals surface area contributed by atoms with E-state index in [1.807, 2.05) is 13.0 Å². The molecule has 2 aliphatic carbocycles. The molecule has 19 heavy (non-hydrogen) atoms. The lowest BCUT2D eigenvalue weighted by molar-refractivity contribution is -0.456. The standard InChI is InChI=1S/C15H24O4/c1-10(2)11-5-6-13(3)9-12-14(4,18-16)7-8-15(11,13)19-17-12/h7-8,10-12,16H,5-6,9H2,1-4H3. The van der Waals surface area contributed by atoms with Crippen molar-refractivity contribution in [3.63, 3.8) is 0 Å². The Labute approximate surface area is 114 Å². The molecule has 1 saturated carbocycles. The van der Waals surface area contributed by atoms with E-state index >= 15 is 0 Å². The van der Waals surface area contributed by atoms with Crippen LogP contribution in [0.2, 0.25) is 0 Å². The van der Waals surface area contributed by atoms with Crippen molar-refractivity contribution in [1.29, 1.82) is 0 Å². The summed E-state index contributed by atoms with van der Waals surface area (Å²) in [5, 5.41) is 9.23. The van der Waals surface area contributed by atoms with Gasteiger partial charge in [-0.05, 0) is 50.2 Å². The molecule has 5 unspecified atom stereocenters. The fourth-order valence-electron chi connectivity index (χ4n) is 4.30. The number of fused-ring (bicyclic) bond motifs is 2. The highest BCUT2D eigenvalue weighted by Crippen LogP contribution is 2.62. The smallest absolute Gasteiger partial charge is 0.148 e. The molecule has 0 amide bonds. The molecule has 1 saturated heterocycles. The Morgan fingerprint density at radius 1 is 1.32 bits per heavy atom. The molecular formula is C15H24O4. The summed E-state index contributed by atoms with van der Waals surface area (Å²) in [5.74, 6) is 0.974. The Kier molecular flexibility index (Phi) is 2.88. The summed E-state index contributed by atoms with van der Waals surface area (Å²) in [7, 11) is 0. The Morgan fingerprint density at radius 3 is 2.68 bits per heavy atom. The Bertz CT molecular complexity index is 407. The quantitative estimate of drug-likeness (QED) is 0.474. The second kappa shape index (κ2) is 4.04. The summed E-state index contributed by atoms with van der Waals surface area (Å²) in [6.45, 7) is 8.59. The normalized spacial score (nSPS) is 52.5. The molecule has 4 nitrogen and oxygen atoms in total. The van der Waals surface area contributed by atoms with E-state index in [0.29, 0.717) is 11.8 Å². The van der Waals surface area contributed by atoms with Crippen molar-refractivity contribution in [1.82, 2.24) is 0 Å². The Hall–Kier alpha value is -0.420. The zero-order valence-corrected chi connectivity index (χ0v) is 12.2. The first-order chi connectivity index (χ1) is 8.87. The van der Waals surface area contributed by atoms with E-state index in [9.17, 15) is 5.26 Å². The first-order valence-corrected chi connectivity index (χ1v) is 7.24. The topological polar surface area (TPSA) is 47.9 Å². The highest BCUT2D eigenvalue weighted by atomic mass is 17.2. The van der Waals surface area contributed by atoms with Gasteiger partial charge in [-0.3, -0.25) is 5.26 Å². The molecule has 5 atom stereocenters. The van der Waals surface area contributed by atoms with Crippen LogP contribution < -0.4 is 0 Å². The maximum absolute atomic E-state index is 9.23. The summed E-state index contributed by atoms with van der Waals surface area (Å²) < 4.78 is 0. The van der Waals surface area contributed by atoms with Crippen molar-refractivity contribution in [2.45, 2.75) is 64.3 Å². The average molecular weight is 268 g/mol. The lowest BCUT2D eigenvalue weighted by Crippen LogP contribution is -2.55. The minimum atomic E-state index is -0.821. The van der Waals surface area contributed by atoms with Crippen molar-refractivity contribution in [2.24, 2.45) is 17.3 Å². The summed E-state index contributed by atoms with van der Waals surface area (Å²) >= 11 is 0. The fourth-order valence-corrected chi connectivity index (χ4v) is 4.30. The van der Waals surface area contributed by atoms with E-state index in [4.69, 9.17) is 14.7 Å². The van der Waals surface area contributed by atoms with E-state index in [0.717, 1.165) is 19.3 Å². The molecule has 0 aromatic heterocycles. The molecule has 1 spiro atoms. The zero-order chi connectivity index (χ0) is 13.9. The molecule has 0 radical (unpaired) electrons. The number of hydrogen-bond donors (Lipinski definition) is 1. The first-order valence-electron chi connectivity index (χ1n) is 7.24. The SMILES string of the molecule is CC(C)C1CCC2(C)CC3OOC12C=CC3(C)OO. The largest absolute Gasteiger partial charge is 0.251 e. The third kappa shape index (κ3) is 1.60. The van der Waals surface area contributed by atoms with E-state index in [1.54, 1.807) is 0 Å². The third-order valence-corrected chi connectivity index (χ3v) is 5.74. The van der Waals surface area contributed by atoms with Crippen LogP contribution in [0.1, 0.15) is 47.0 Å². The summed E-state index contributed by atoms with van der Waals surface area (Å²) in [6, 6.07) is 0. The van der Waals surface area contributed by atoms with Crippen LogP contribution in [0.4, 0.5) is 0 Å². The highest BCUT2D eigenvalue weighted by Gasteiger charge is 2.65. The molecule has 4 rings (SSSR count). The van der Waals surface area contributed by atoms with Gasteiger partial charge in [-0.25, -0.2) is 14.7 Å². The molecule has 2 aliphatic heterocycles. The van der Waals surface area contributed by atoms with Crippen molar-refractivity contribution in [3.8, 4) is 0 Å². The fraction of sp³-hybridized carbons (Fsp3) is 0.867. The summed E-state index contributed by atoms with van der Waals surface area (Å²) in [6.07, 6.45) is 6.89. The van der Waals surface area contributed by atoms with Crippen LogP contribution in [0.15, 0.2) is 12.2 Å². The summed E-state index contributed by atoms with van der Waals surface area (Å²) in [5.41, 5.74) is -1.15. The van der Waals surface area contributed by atoms with E-state index in [1.165, 1.54) is 0 Å². The van der Waals surface area contributed by atoms with Gasteiger partial charge in [0.15, 0.2) is 0 Å². The van der Waals surface area contributed by atoms with Gasteiger partial charge in [-0.2, -0.15) is 0 Å². The van der Waals surface area contributed by atoms with Crippen LogP contribution in [-0.2, 0) is 14.7 Å². The lowest BCUT2D eigenvalue weighted by atomic mass is 9.67. The summed E-state index contributed by atoms with van der Waals surface area (Å²) in [4.78, 5) is 16.2. The Balaban J connectivity index is 2.08. The van der Waals surface area contributed by atoms with Crippen molar-refractivity contribution in [3.05, 3.63) is 12.2 Å². The van der Waals surface area contributed by atoms with Crippen LogP contribution >= 0.6 is 0 Å². The molecular weight excluding hydrogens is 244 g/mol. The van der Waals surface area contributed by atoms with Gasteiger partial charge in [0.1, 0.15) is 17.3 Å². The number of hydrogen-bond acceptors (Lipinski definition) is 4. The van der Waals surface area contributed by atoms with Crippen molar-refractivity contribution in [2.75, 3.05) is 0 Å². The third-order valence-electron chi connectivity index (χ3n) is 5.74. The minimum Gasteiger partial charge on any atom is -0.251 e. The van der Waals surface area contributed by atoms with Crippen LogP contribution in [0.5, 0.6) is 0 Å². The van der Waals surface area contributed by atoms with Crippen LogP contribution in [-0.4, -0.2) is 22.6 Å². The zero-order valence-electron chi connectivity index (χ0n) is 12.2. The average Bonchev–Trinajstić information content (AvgIpc) is 2.55.